The summed E-state index contributed by atoms with van der Waals surface area (Å²) in [7, 11) is 0. The molecule has 1 unspecified atom stereocenters. The SMILES string of the molecule is CC1CN(C(=O)c2ccccc2CCN)CC(C)(C)O1. The van der Waals surface area contributed by atoms with Crippen molar-refractivity contribution in [3.63, 3.8) is 0 Å². The number of benzene rings is 1. The highest BCUT2D eigenvalue weighted by molar-refractivity contribution is 5.95. The molecule has 0 radical (unpaired) electrons. The molecule has 1 fully saturated rings. The minimum Gasteiger partial charge on any atom is -0.369 e. The lowest BCUT2D eigenvalue weighted by atomic mass is 10.0. The van der Waals surface area contributed by atoms with E-state index in [0.717, 1.165) is 17.5 Å². The molecule has 0 aromatic heterocycles. The van der Waals surface area contributed by atoms with Gasteiger partial charge >= 0.3 is 0 Å². The van der Waals surface area contributed by atoms with Crippen LogP contribution in [0.4, 0.5) is 0 Å². The molecule has 1 aromatic rings. The highest BCUT2D eigenvalue weighted by atomic mass is 16.5. The normalized spacial score (nSPS) is 21.8. The number of morpholine rings is 1. The van der Waals surface area contributed by atoms with Crippen LogP contribution in [-0.4, -0.2) is 42.1 Å². The number of hydrogen-bond donors (Lipinski definition) is 1. The van der Waals surface area contributed by atoms with Crippen LogP contribution in [0.25, 0.3) is 0 Å². The molecule has 2 rings (SSSR count). The zero-order valence-corrected chi connectivity index (χ0v) is 12.6. The minimum atomic E-state index is -0.295. The van der Waals surface area contributed by atoms with Crippen molar-refractivity contribution in [1.82, 2.24) is 4.90 Å². The van der Waals surface area contributed by atoms with Crippen molar-refractivity contribution in [3.8, 4) is 0 Å². The Morgan fingerprint density at radius 2 is 2.15 bits per heavy atom. The number of ether oxygens (including phenoxy) is 1. The fraction of sp³-hybridized carbons (Fsp3) is 0.562. The van der Waals surface area contributed by atoms with Crippen LogP contribution < -0.4 is 5.73 Å². The van der Waals surface area contributed by atoms with Gasteiger partial charge < -0.3 is 15.4 Å². The lowest BCUT2D eigenvalue weighted by molar-refractivity contribution is -0.118. The van der Waals surface area contributed by atoms with Crippen LogP contribution in [0.2, 0.25) is 0 Å². The van der Waals surface area contributed by atoms with Crippen molar-refractivity contribution in [2.45, 2.75) is 38.9 Å². The number of nitrogens with zero attached hydrogens (tertiary/aromatic N) is 1. The number of hydrogen-bond acceptors (Lipinski definition) is 3. The summed E-state index contributed by atoms with van der Waals surface area (Å²) >= 11 is 0. The van der Waals surface area contributed by atoms with Crippen LogP contribution in [0, 0.1) is 0 Å². The Labute approximate surface area is 120 Å². The van der Waals surface area contributed by atoms with Crippen LogP contribution in [0.15, 0.2) is 24.3 Å². The van der Waals surface area contributed by atoms with Crippen molar-refractivity contribution < 1.29 is 9.53 Å². The Hall–Kier alpha value is -1.39. The molecule has 0 bridgehead atoms. The Balaban J connectivity index is 2.23. The molecule has 20 heavy (non-hydrogen) atoms. The molecule has 0 saturated carbocycles. The molecule has 1 atom stereocenters. The van der Waals surface area contributed by atoms with Crippen LogP contribution in [0.3, 0.4) is 0 Å². The van der Waals surface area contributed by atoms with E-state index in [4.69, 9.17) is 10.5 Å². The number of carbonyl (C=O) groups is 1. The maximum Gasteiger partial charge on any atom is 0.254 e. The van der Waals surface area contributed by atoms with Crippen molar-refractivity contribution >= 4 is 5.91 Å². The molecule has 2 N–H and O–H groups in total. The summed E-state index contributed by atoms with van der Waals surface area (Å²) in [6, 6.07) is 7.73. The second kappa shape index (κ2) is 5.94. The lowest BCUT2D eigenvalue weighted by Gasteiger charge is -2.41. The van der Waals surface area contributed by atoms with Gasteiger partial charge in [-0.15, -0.1) is 0 Å². The van der Waals surface area contributed by atoms with Crippen molar-refractivity contribution in [2.75, 3.05) is 19.6 Å². The number of nitrogens with two attached hydrogens (primary N) is 1. The summed E-state index contributed by atoms with van der Waals surface area (Å²) in [5.41, 5.74) is 7.12. The first-order chi connectivity index (χ1) is 9.43. The average molecular weight is 276 g/mol. The first-order valence-electron chi connectivity index (χ1n) is 7.18. The Bertz CT molecular complexity index is 485. The summed E-state index contributed by atoms with van der Waals surface area (Å²) in [5, 5.41) is 0. The Morgan fingerprint density at radius 3 is 2.80 bits per heavy atom. The quantitative estimate of drug-likeness (QED) is 0.916. The van der Waals surface area contributed by atoms with Gasteiger partial charge in [0.1, 0.15) is 0 Å². The van der Waals surface area contributed by atoms with E-state index in [1.165, 1.54) is 0 Å². The largest absolute Gasteiger partial charge is 0.369 e. The first kappa shape index (κ1) is 15.0. The molecule has 0 spiro atoms. The third kappa shape index (κ3) is 3.38. The van der Waals surface area contributed by atoms with Crippen LogP contribution in [0.1, 0.15) is 36.7 Å². The van der Waals surface area contributed by atoms with Crippen LogP contribution in [0.5, 0.6) is 0 Å². The topological polar surface area (TPSA) is 55.6 Å². The number of carbonyl (C=O) groups excluding carboxylic acids is 1. The molecular formula is C16H24N2O2. The van der Waals surface area contributed by atoms with E-state index in [1.54, 1.807) is 0 Å². The van der Waals surface area contributed by atoms with E-state index >= 15 is 0 Å². The van der Waals surface area contributed by atoms with Gasteiger partial charge in [-0.05, 0) is 45.4 Å². The minimum absolute atomic E-state index is 0.0596. The molecular weight excluding hydrogens is 252 g/mol. The van der Waals surface area contributed by atoms with E-state index in [-0.39, 0.29) is 17.6 Å². The van der Waals surface area contributed by atoms with E-state index in [1.807, 2.05) is 49.9 Å². The number of amides is 1. The second-order valence-electron chi connectivity index (χ2n) is 6.07. The molecule has 0 aliphatic carbocycles. The van der Waals surface area contributed by atoms with E-state index in [0.29, 0.717) is 19.6 Å². The van der Waals surface area contributed by atoms with Gasteiger partial charge in [0.15, 0.2) is 0 Å². The maximum absolute atomic E-state index is 12.8. The average Bonchev–Trinajstić information content (AvgIpc) is 2.36. The van der Waals surface area contributed by atoms with Crippen molar-refractivity contribution in [3.05, 3.63) is 35.4 Å². The molecule has 4 nitrogen and oxygen atoms in total. The maximum atomic E-state index is 12.8. The van der Waals surface area contributed by atoms with E-state index in [9.17, 15) is 4.79 Å². The molecule has 1 aromatic carbocycles. The van der Waals surface area contributed by atoms with Crippen molar-refractivity contribution in [1.29, 1.82) is 0 Å². The summed E-state index contributed by atoms with van der Waals surface area (Å²) in [4.78, 5) is 14.7. The predicted octanol–water partition coefficient (Wildman–Crippen LogP) is 1.83. The van der Waals surface area contributed by atoms with Gasteiger partial charge in [-0.25, -0.2) is 0 Å². The smallest absolute Gasteiger partial charge is 0.254 e. The van der Waals surface area contributed by atoms with Crippen LogP contribution >= 0.6 is 0 Å². The Kier molecular flexibility index (Phi) is 4.45. The third-order valence-electron chi connectivity index (χ3n) is 3.52. The highest BCUT2D eigenvalue weighted by Gasteiger charge is 2.34. The molecule has 1 heterocycles. The molecule has 1 saturated heterocycles. The fourth-order valence-electron chi connectivity index (χ4n) is 2.88. The predicted molar refractivity (Wildman–Crippen MR) is 79.7 cm³/mol. The highest BCUT2D eigenvalue weighted by Crippen LogP contribution is 2.23. The van der Waals surface area contributed by atoms with Gasteiger partial charge in [0.05, 0.1) is 11.7 Å². The van der Waals surface area contributed by atoms with Gasteiger partial charge in [0.2, 0.25) is 0 Å². The zero-order chi connectivity index (χ0) is 14.8. The van der Waals surface area contributed by atoms with Crippen molar-refractivity contribution in [2.24, 2.45) is 5.73 Å². The molecule has 4 heteroatoms. The molecule has 1 aliphatic heterocycles. The molecule has 1 amide bonds. The summed E-state index contributed by atoms with van der Waals surface area (Å²) in [6.45, 7) is 7.86. The number of rotatable bonds is 3. The fourth-order valence-corrected chi connectivity index (χ4v) is 2.88. The Morgan fingerprint density at radius 1 is 1.45 bits per heavy atom. The summed E-state index contributed by atoms with van der Waals surface area (Å²) in [6.07, 6.45) is 0.787. The first-order valence-corrected chi connectivity index (χ1v) is 7.18. The second-order valence-corrected chi connectivity index (χ2v) is 6.07. The van der Waals surface area contributed by atoms with Gasteiger partial charge in [-0.1, -0.05) is 18.2 Å². The van der Waals surface area contributed by atoms with Gasteiger partial charge in [-0.2, -0.15) is 0 Å². The van der Waals surface area contributed by atoms with E-state index < -0.39 is 0 Å². The molecule has 110 valence electrons. The monoisotopic (exact) mass is 276 g/mol. The third-order valence-corrected chi connectivity index (χ3v) is 3.52. The van der Waals surface area contributed by atoms with Crippen LogP contribution in [-0.2, 0) is 11.2 Å². The zero-order valence-electron chi connectivity index (χ0n) is 12.6. The molecule has 1 aliphatic rings. The van der Waals surface area contributed by atoms with Gasteiger partial charge in [0.25, 0.3) is 5.91 Å². The van der Waals surface area contributed by atoms with E-state index in [2.05, 4.69) is 0 Å². The summed E-state index contributed by atoms with van der Waals surface area (Å²) < 4.78 is 5.85. The standard InChI is InChI=1S/C16H24N2O2/c1-12-10-18(11-16(2,3)20-12)15(19)14-7-5-4-6-13(14)8-9-17/h4-7,12H,8-11,17H2,1-3H3. The lowest BCUT2D eigenvalue weighted by Crippen LogP contribution is -2.53. The van der Waals surface area contributed by atoms with Gasteiger partial charge in [0, 0.05) is 18.7 Å². The van der Waals surface area contributed by atoms with Gasteiger partial charge in [-0.3, -0.25) is 4.79 Å². The summed E-state index contributed by atoms with van der Waals surface area (Å²) in [5.74, 6) is 0.0808.